The van der Waals surface area contributed by atoms with Crippen LogP contribution in [0, 0.1) is 0 Å². The van der Waals surface area contributed by atoms with Crippen molar-refractivity contribution in [2.75, 3.05) is 18.1 Å². The molecule has 2 rings (SSSR count). The van der Waals surface area contributed by atoms with Crippen LogP contribution in [0.1, 0.15) is 18.4 Å². The van der Waals surface area contributed by atoms with E-state index in [1.165, 1.54) is 0 Å². The fourth-order valence-electron chi connectivity index (χ4n) is 2.43. The van der Waals surface area contributed by atoms with Crippen LogP contribution in [0.15, 0.2) is 18.2 Å². The van der Waals surface area contributed by atoms with E-state index in [4.69, 9.17) is 10.2 Å². The lowest BCUT2D eigenvalue weighted by Crippen LogP contribution is -2.35. The molecule has 1 aliphatic heterocycles. The number of aliphatic hydroxyl groups excluding tert-OH is 1. The summed E-state index contributed by atoms with van der Waals surface area (Å²) in [6.07, 6.45) is 1.91. The van der Waals surface area contributed by atoms with E-state index in [-0.39, 0.29) is 12.4 Å². The number of carboxylic acid groups (broad SMARTS) is 1. The van der Waals surface area contributed by atoms with Gasteiger partial charge < -0.3 is 20.2 Å². The minimum Gasteiger partial charge on any atom is -0.508 e. The van der Waals surface area contributed by atoms with Crippen LogP contribution in [0.4, 0.5) is 5.69 Å². The van der Waals surface area contributed by atoms with Gasteiger partial charge in [0.25, 0.3) is 0 Å². The summed E-state index contributed by atoms with van der Waals surface area (Å²) < 4.78 is 0. The van der Waals surface area contributed by atoms with Crippen molar-refractivity contribution in [3.63, 3.8) is 0 Å². The first kappa shape index (κ1) is 12.7. The number of hydrogen-bond donors (Lipinski definition) is 3. The summed E-state index contributed by atoms with van der Waals surface area (Å²) in [7, 11) is 0. The molecule has 0 saturated carbocycles. The molecule has 0 aromatic heterocycles. The Morgan fingerprint density at radius 1 is 1.39 bits per heavy atom. The summed E-state index contributed by atoms with van der Waals surface area (Å²) >= 11 is 0. The van der Waals surface area contributed by atoms with Gasteiger partial charge in [-0.05, 0) is 37.0 Å². The number of carbonyl (C=O) groups is 1. The summed E-state index contributed by atoms with van der Waals surface area (Å²) in [5, 5.41) is 27.7. The van der Waals surface area contributed by atoms with E-state index in [2.05, 4.69) is 0 Å². The van der Waals surface area contributed by atoms with E-state index in [0.717, 1.165) is 12.0 Å². The molecule has 0 aliphatic carbocycles. The number of phenolic OH excluding ortho intramolecular Hbond substituents is 1. The Balaban J connectivity index is 2.29. The van der Waals surface area contributed by atoms with Crippen LogP contribution < -0.4 is 4.90 Å². The Labute approximate surface area is 105 Å². The van der Waals surface area contributed by atoms with Gasteiger partial charge in [-0.1, -0.05) is 0 Å². The lowest BCUT2D eigenvalue weighted by atomic mass is 10.1. The molecule has 1 aliphatic rings. The van der Waals surface area contributed by atoms with E-state index < -0.39 is 12.0 Å². The van der Waals surface area contributed by atoms with Gasteiger partial charge in [-0.25, -0.2) is 4.79 Å². The molecular weight excluding hydrogens is 234 g/mol. The zero-order chi connectivity index (χ0) is 13.1. The third-order valence-corrected chi connectivity index (χ3v) is 3.23. The summed E-state index contributed by atoms with van der Waals surface area (Å²) in [4.78, 5) is 12.9. The molecule has 3 N–H and O–H groups in total. The van der Waals surface area contributed by atoms with Crippen molar-refractivity contribution >= 4 is 11.7 Å². The summed E-state index contributed by atoms with van der Waals surface area (Å²) in [5.41, 5.74) is 1.52. The maximum atomic E-state index is 11.1. The third kappa shape index (κ3) is 2.56. The average Bonchev–Trinajstić information content (AvgIpc) is 2.77. The van der Waals surface area contributed by atoms with Crippen LogP contribution in [-0.2, 0) is 11.2 Å². The molecule has 1 unspecified atom stereocenters. The Kier molecular flexibility index (Phi) is 3.72. The number of anilines is 1. The maximum Gasteiger partial charge on any atom is 0.326 e. The molecular formula is C13H17NO4. The molecule has 5 heteroatoms. The van der Waals surface area contributed by atoms with Gasteiger partial charge in [-0.15, -0.1) is 0 Å². The van der Waals surface area contributed by atoms with E-state index in [0.29, 0.717) is 25.1 Å². The van der Waals surface area contributed by atoms with E-state index in [1.807, 2.05) is 6.07 Å². The predicted octanol–water partition coefficient (Wildman–Crippen LogP) is 0.980. The van der Waals surface area contributed by atoms with Crippen molar-refractivity contribution in [2.24, 2.45) is 0 Å². The number of nitrogens with zero attached hydrogens (tertiary/aromatic N) is 1. The van der Waals surface area contributed by atoms with Crippen molar-refractivity contribution in [1.29, 1.82) is 0 Å². The Morgan fingerprint density at radius 3 is 2.83 bits per heavy atom. The molecule has 0 amide bonds. The Bertz CT molecular complexity index is 447. The third-order valence-electron chi connectivity index (χ3n) is 3.23. The van der Waals surface area contributed by atoms with Gasteiger partial charge in [0, 0.05) is 24.9 Å². The second-order valence-electron chi connectivity index (χ2n) is 4.52. The minimum absolute atomic E-state index is 0.00521. The SMILES string of the molecule is O=C(O)C1CCCN1c1cc(O)cc(CCO)c1. The van der Waals surface area contributed by atoms with Crippen LogP contribution in [-0.4, -0.2) is 40.5 Å². The average molecular weight is 251 g/mol. The number of aliphatic carboxylic acids is 1. The van der Waals surface area contributed by atoms with Crippen LogP contribution in [0.25, 0.3) is 0 Å². The predicted molar refractivity (Wildman–Crippen MR) is 66.9 cm³/mol. The first-order chi connectivity index (χ1) is 8.61. The molecule has 0 radical (unpaired) electrons. The van der Waals surface area contributed by atoms with Gasteiger partial charge >= 0.3 is 5.97 Å². The molecule has 1 aromatic rings. The van der Waals surface area contributed by atoms with Gasteiger partial charge in [0.15, 0.2) is 0 Å². The molecule has 1 heterocycles. The number of aromatic hydroxyl groups is 1. The molecule has 1 saturated heterocycles. The van der Waals surface area contributed by atoms with Crippen molar-refractivity contribution in [1.82, 2.24) is 0 Å². The standard InChI is InChI=1S/C13H17NO4/c15-5-3-9-6-10(8-11(16)7-9)14-4-1-2-12(14)13(17)18/h6-8,12,15-16H,1-5H2,(H,17,18). The lowest BCUT2D eigenvalue weighted by molar-refractivity contribution is -0.138. The smallest absolute Gasteiger partial charge is 0.326 e. The molecule has 0 spiro atoms. The van der Waals surface area contributed by atoms with Gasteiger partial charge in [-0.2, -0.15) is 0 Å². The van der Waals surface area contributed by atoms with Gasteiger partial charge in [0.2, 0.25) is 0 Å². The Hall–Kier alpha value is -1.75. The van der Waals surface area contributed by atoms with Crippen molar-refractivity contribution in [2.45, 2.75) is 25.3 Å². The van der Waals surface area contributed by atoms with Gasteiger partial charge in [0.05, 0.1) is 0 Å². The second kappa shape index (κ2) is 5.27. The Morgan fingerprint density at radius 2 is 2.17 bits per heavy atom. The first-order valence-corrected chi connectivity index (χ1v) is 6.05. The molecule has 0 bridgehead atoms. The van der Waals surface area contributed by atoms with E-state index in [1.54, 1.807) is 17.0 Å². The molecule has 5 nitrogen and oxygen atoms in total. The van der Waals surface area contributed by atoms with Crippen LogP contribution in [0.2, 0.25) is 0 Å². The molecule has 18 heavy (non-hydrogen) atoms. The monoisotopic (exact) mass is 251 g/mol. The normalized spacial score (nSPS) is 19.2. The van der Waals surface area contributed by atoms with Crippen molar-refractivity contribution < 1.29 is 20.1 Å². The van der Waals surface area contributed by atoms with Gasteiger partial charge in [0.1, 0.15) is 11.8 Å². The van der Waals surface area contributed by atoms with E-state index in [9.17, 15) is 9.90 Å². The first-order valence-electron chi connectivity index (χ1n) is 6.05. The fraction of sp³-hybridized carbons (Fsp3) is 0.462. The maximum absolute atomic E-state index is 11.1. The number of carboxylic acids is 1. The number of rotatable bonds is 4. The highest BCUT2D eigenvalue weighted by Crippen LogP contribution is 2.29. The second-order valence-corrected chi connectivity index (χ2v) is 4.52. The van der Waals surface area contributed by atoms with Crippen molar-refractivity contribution in [3.8, 4) is 5.75 Å². The molecule has 1 aromatic carbocycles. The number of aliphatic hydroxyl groups is 1. The van der Waals surface area contributed by atoms with Crippen LogP contribution in [0.3, 0.4) is 0 Å². The zero-order valence-electron chi connectivity index (χ0n) is 10.0. The van der Waals surface area contributed by atoms with E-state index >= 15 is 0 Å². The summed E-state index contributed by atoms with van der Waals surface area (Å²) in [6, 6.07) is 4.47. The summed E-state index contributed by atoms with van der Waals surface area (Å²) in [6.45, 7) is 0.685. The topological polar surface area (TPSA) is 81.0 Å². The molecule has 1 fully saturated rings. The quantitative estimate of drug-likeness (QED) is 0.743. The molecule has 98 valence electrons. The zero-order valence-corrected chi connectivity index (χ0v) is 10.0. The number of phenols is 1. The van der Waals surface area contributed by atoms with Crippen LogP contribution in [0.5, 0.6) is 5.75 Å². The largest absolute Gasteiger partial charge is 0.508 e. The number of benzene rings is 1. The van der Waals surface area contributed by atoms with Crippen molar-refractivity contribution in [3.05, 3.63) is 23.8 Å². The number of hydrogen-bond acceptors (Lipinski definition) is 4. The highest BCUT2D eigenvalue weighted by molar-refractivity contribution is 5.79. The molecule has 1 atom stereocenters. The lowest BCUT2D eigenvalue weighted by Gasteiger charge is -2.24. The highest BCUT2D eigenvalue weighted by Gasteiger charge is 2.30. The van der Waals surface area contributed by atoms with Crippen LogP contribution >= 0.6 is 0 Å². The minimum atomic E-state index is -0.834. The van der Waals surface area contributed by atoms with Gasteiger partial charge in [-0.3, -0.25) is 0 Å². The summed E-state index contributed by atoms with van der Waals surface area (Å²) in [5.74, 6) is -0.730. The highest BCUT2D eigenvalue weighted by atomic mass is 16.4. The fourth-order valence-corrected chi connectivity index (χ4v) is 2.43.